The van der Waals surface area contributed by atoms with Crippen molar-refractivity contribution in [2.24, 2.45) is 0 Å². The van der Waals surface area contributed by atoms with Crippen molar-refractivity contribution in [3.05, 3.63) is 0 Å². The third-order valence-electron chi connectivity index (χ3n) is 2.51. The van der Waals surface area contributed by atoms with Gasteiger partial charge in [-0.25, -0.2) is 0 Å². The van der Waals surface area contributed by atoms with Gasteiger partial charge in [-0.05, 0) is 28.2 Å². The summed E-state index contributed by atoms with van der Waals surface area (Å²) in [5.41, 5.74) is 0. The van der Waals surface area contributed by atoms with E-state index in [1.807, 2.05) is 0 Å². The number of esters is 1. The molecule has 6 nitrogen and oxygen atoms in total. The lowest BCUT2D eigenvalue weighted by atomic mass is 10.3. The van der Waals surface area contributed by atoms with E-state index in [0.29, 0.717) is 0 Å². The fourth-order valence-electron chi connectivity index (χ4n) is 1.06. The van der Waals surface area contributed by atoms with Gasteiger partial charge >= 0.3 is 11.9 Å². The van der Waals surface area contributed by atoms with Crippen LogP contribution < -0.4 is 0 Å². The van der Waals surface area contributed by atoms with Gasteiger partial charge in [0.25, 0.3) is 0 Å². The number of aliphatic carboxylic acids is 1. The maximum absolute atomic E-state index is 11.4. The van der Waals surface area contributed by atoms with Crippen LogP contribution in [-0.4, -0.2) is 60.9 Å². The summed E-state index contributed by atoms with van der Waals surface area (Å²) in [6, 6.07) is 0. The molecule has 0 unspecified atom stereocenters. The average molecular weight is 232 g/mol. The fourth-order valence-corrected chi connectivity index (χ4v) is 1.06. The van der Waals surface area contributed by atoms with Gasteiger partial charge in [-0.3, -0.25) is 19.4 Å². The molecule has 0 fully saturated rings. The molecule has 0 aromatic heterocycles. The molecule has 0 aliphatic heterocycles. The zero-order valence-corrected chi connectivity index (χ0v) is 10.5. The molecule has 6 heteroatoms. The second-order valence-electron chi connectivity index (χ2n) is 4.09. The summed E-state index contributed by atoms with van der Waals surface area (Å²) in [6.45, 7) is 1.74. The number of rotatable bonds is 6. The molecular formula is C10H20N2O4. The number of carbonyl (C=O) groups excluding carboxylic acids is 1. The average Bonchev–Trinajstić information content (AvgIpc) is 2.13. The van der Waals surface area contributed by atoms with Crippen molar-refractivity contribution in [3.63, 3.8) is 0 Å². The summed E-state index contributed by atoms with van der Waals surface area (Å²) in [7, 11) is 7.13. The number of hydrogen-bond donors (Lipinski definition) is 1. The van der Waals surface area contributed by atoms with Gasteiger partial charge in [-0.15, -0.1) is 0 Å². The standard InChI is InChI=1S/C10H20N2O4/c1-10(11(2)3,12(4)5)16-9(15)7-6-8(13)14/h6-7H2,1-5H3,(H,13,14). The quantitative estimate of drug-likeness (QED) is 0.521. The lowest BCUT2D eigenvalue weighted by molar-refractivity contribution is -0.212. The Balaban J connectivity index is 4.42. The Morgan fingerprint density at radius 2 is 1.56 bits per heavy atom. The summed E-state index contributed by atoms with van der Waals surface area (Å²) < 4.78 is 5.26. The van der Waals surface area contributed by atoms with Gasteiger partial charge in [0.1, 0.15) is 0 Å². The van der Waals surface area contributed by atoms with Gasteiger partial charge in [-0.2, -0.15) is 0 Å². The van der Waals surface area contributed by atoms with Crippen LogP contribution in [0.3, 0.4) is 0 Å². The highest BCUT2D eigenvalue weighted by Crippen LogP contribution is 2.17. The van der Waals surface area contributed by atoms with E-state index in [-0.39, 0.29) is 12.8 Å². The maximum Gasteiger partial charge on any atom is 0.309 e. The molecule has 0 heterocycles. The van der Waals surface area contributed by atoms with Crippen LogP contribution in [0.4, 0.5) is 0 Å². The van der Waals surface area contributed by atoms with Gasteiger partial charge in [0.15, 0.2) is 0 Å². The minimum atomic E-state index is -1.01. The lowest BCUT2D eigenvalue weighted by Gasteiger charge is -2.40. The molecule has 0 radical (unpaired) electrons. The Morgan fingerprint density at radius 1 is 1.12 bits per heavy atom. The summed E-state index contributed by atoms with van der Waals surface area (Å²) in [5.74, 6) is -2.39. The first-order valence-electron chi connectivity index (χ1n) is 4.98. The SMILES string of the molecule is CN(C)C(C)(OC(=O)CCC(=O)O)N(C)C. The van der Waals surface area contributed by atoms with E-state index in [0.717, 1.165) is 0 Å². The number of ether oxygens (including phenoxy) is 1. The summed E-state index contributed by atoms with van der Waals surface area (Å²) in [6.07, 6.45) is -0.331. The van der Waals surface area contributed by atoms with Gasteiger partial charge in [0, 0.05) is 6.92 Å². The molecule has 0 aromatic carbocycles. The van der Waals surface area contributed by atoms with Crippen molar-refractivity contribution in [1.82, 2.24) is 9.80 Å². The number of nitrogens with zero attached hydrogens (tertiary/aromatic N) is 2. The third-order valence-corrected chi connectivity index (χ3v) is 2.51. The van der Waals surface area contributed by atoms with E-state index in [2.05, 4.69) is 0 Å². The smallest absolute Gasteiger partial charge is 0.309 e. The van der Waals surface area contributed by atoms with E-state index in [1.165, 1.54) is 0 Å². The van der Waals surface area contributed by atoms with E-state index < -0.39 is 17.8 Å². The number of carbonyl (C=O) groups is 2. The van der Waals surface area contributed by atoms with Crippen LogP contribution in [0.5, 0.6) is 0 Å². The van der Waals surface area contributed by atoms with Gasteiger partial charge in [0.2, 0.25) is 5.85 Å². The van der Waals surface area contributed by atoms with Crippen LogP contribution in [0.2, 0.25) is 0 Å². The second kappa shape index (κ2) is 5.81. The summed E-state index contributed by atoms with van der Waals surface area (Å²) >= 11 is 0. The zero-order valence-electron chi connectivity index (χ0n) is 10.5. The van der Waals surface area contributed by atoms with E-state index in [1.54, 1.807) is 44.9 Å². The molecule has 16 heavy (non-hydrogen) atoms. The predicted octanol–water partition coefficient (Wildman–Crippen LogP) is 0.191. The van der Waals surface area contributed by atoms with Crippen molar-refractivity contribution in [1.29, 1.82) is 0 Å². The summed E-state index contributed by atoms with van der Waals surface area (Å²) in [4.78, 5) is 25.2. The Morgan fingerprint density at radius 3 is 1.88 bits per heavy atom. The van der Waals surface area contributed by atoms with Crippen molar-refractivity contribution in [3.8, 4) is 0 Å². The van der Waals surface area contributed by atoms with Crippen molar-refractivity contribution in [2.75, 3.05) is 28.2 Å². The van der Waals surface area contributed by atoms with E-state index in [9.17, 15) is 9.59 Å². The Bertz CT molecular complexity index is 256. The minimum absolute atomic E-state index is 0.118. The number of carboxylic acid groups (broad SMARTS) is 1. The van der Waals surface area contributed by atoms with Crippen LogP contribution in [-0.2, 0) is 14.3 Å². The molecule has 0 bridgehead atoms. The first kappa shape index (κ1) is 14.9. The van der Waals surface area contributed by atoms with Crippen molar-refractivity contribution in [2.45, 2.75) is 25.6 Å². The molecule has 0 aliphatic carbocycles. The van der Waals surface area contributed by atoms with Crippen LogP contribution in [0.15, 0.2) is 0 Å². The first-order valence-corrected chi connectivity index (χ1v) is 4.98. The highest BCUT2D eigenvalue weighted by molar-refractivity contribution is 5.76. The van der Waals surface area contributed by atoms with Gasteiger partial charge < -0.3 is 9.84 Å². The molecule has 0 rings (SSSR count). The Kier molecular flexibility index (Phi) is 5.40. The van der Waals surface area contributed by atoms with Crippen LogP contribution in [0.25, 0.3) is 0 Å². The molecule has 0 aromatic rings. The highest BCUT2D eigenvalue weighted by Gasteiger charge is 2.33. The van der Waals surface area contributed by atoms with Crippen LogP contribution in [0, 0.1) is 0 Å². The Hall–Kier alpha value is -1.14. The molecular weight excluding hydrogens is 212 g/mol. The second-order valence-corrected chi connectivity index (χ2v) is 4.09. The predicted molar refractivity (Wildman–Crippen MR) is 58.7 cm³/mol. The first-order chi connectivity index (χ1) is 7.20. The Labute approximate surface area is 95.8 Å². The van der Waals surface area contributed by atoms with Crippen molar-refractivity contribution < 1.29 is 19.4 Å². The number of hydrogen-bond acceptors (Lipinski definition) is 5. The molecule has 0 saturated carbocycles. The third kappa shape index (κ3) is 4.16. The molecule has 0 aliphatic rings. The number of carboxylic acids is 1. The van der Waals surface area contributed by atoms with Gasteiger partial charge in [0.05, 0.1) is 12.8 Å². The molecule has 0 saturated heterocycles. The molecule has 94 valence electrons. The largest absolute Gasteiger partial charge is 0.481 e. The highest BCUT2D eigenvalue weighted by atomic mass is 16.6. The van der Waals surface area contributed by atoms with E-state index in [4.69, 9.17) is 9.84 Å². The topological polar surface area (TPSA) is 70.1 Å². The molecule has 0 atom stereocenters. The minimum Gasteiger partial charge on any atom is -0.481 e. The van der Waals surface area contributed by atoms with Crippen LogP contribution >= 0.6 is 0 Å². The fraction of sp³-hybridized carbons (Fsp3) is 0.800. The summed E-state index contributed by atoms with van der Waals surface area (Å²) in [5, 5.41) is 8.45. The van der Waals surface area contributed by atoms with Crippen LogP contribution in [0.1, 0.15) is 19.8 Å². The zero-order chi connectivity index (χ0) is 12.9. The monoisotopic (exact) mass is 232 g/mol. The lowest BCUT2D eigenvalue weighted by Crippen LogP contribution is -2.55. The molecule has 1 N–H and O–H groups in total. The van der Waals surface area contributed by atoms with Crippen molar-refractivity contribution >= 4 is 11.9 Å². The normalized spacial score (nSPS) is 11.9. The maximum atomic E-state index is 11.4. The van der Waals surface area contributed by atoms with Gasteiger partial charge in [-0.1, -0.05) is 0 Å². The molecule has 0 amide bonds. The van der Waals surface area contributed by atoms with E-state index >= 15 is 0 Å². The molecule has 0 spiro atoms.